The van der Waals surface area contributed by atoms with Crippen molar-refractivity contribution < 1.29 is 56.5 Å². The lowest BCUT2D eigenvalue weighted by molar-refractivity contribution is -0.193. The van der Waals surface area contributed by atoms with Gasteiger partial charge in [0.05, 0.1) is 26.4 Å². The number of hydrogen-bond donors (Lipinski definition) is 0. The summed E-state index contributed by atoms with van der Waals surface area (Å²) in [5.41, 5.74) is 4.96. The van der Waals surface area contributed by atoms with Gasteiger partial charge in [0, 0.05) is 36.8 Å². The van der Waals surface area contributed by atoms with Crippen LogP contribution in [0.4, 0.5) is 0 Å². The summed E-state index contributed by atoms with van der Waals surface area (Å²) in [6.07, 6.45) is 15.0. The van der Waals surface area contributed by atoms with Crippen molar-refractivity contribution >= 4 is 25.7 Å². The van der Waals surface area contributed by atoms with Gasteiger partial charge in [-0.1, -0.05) is 47.6 Å². The van der Waals surface area contributed by atoms with Gasteiger partial charge in [-0.25, -0.2) is 0 Å². The first kappa shape index (κ1) is 48.7. The summed E-state index contributed by atoms with van der Waals surface area (Å²) in [5.74, 6) is 2.90. The van der Waals surface area contributed by atoms with E-state index in [4.69, 9.17) is 47.2 Å². The van der Waals surface area contributed by atoms with Crippen molar-refractivity contribution in [2.75, 3.05) is 39.6 Å². The van der Waals surface area contributed by atoms with E-state index < -0.39 is 7.60 Å². The molecule has 0 amide bonds. The zero-order chi connectivity index (χ0) is 38.8. The van der Waals surface area contributed by atoms with Crippen LogP contribution in [0.5, 0.6) is 0 Å². The van der Waals surface area contributed by atoms with Gasteiger partial charge in [-0.3, -0.25) is 9.36 Å². The van der Waals surface area contributed by atoms with E-state index in [1.54, 1.807) is 19.9 Å². The lowest BCUT2D eigenvalue weighted by Gasteiger charge is -2.46. The van der Waals surface area contributed by atoms with Gasteiger partial charge >= 0.3 is 19.9 Å². The molecule has 0 radical (unpaired) electrons. The second-order valence-corrected chi connectivity index (χ2v) is 15.4. The average Bonchev–Trinajstić information content (AvgIpc) is 3.11. The number of allylic oxidation sites excluding steroid dienone is 2. The summed E-state index contributed by atoms with van der Waals surface area (Å²) < 4.78 is 44.4. The summed E-state index contributed by atoms with van der Waals surface area (Å²) in [7, 11) is -2.92. The van der Waals surface area contributed by atoms with Crippen molar-refractivity contribution in [3.05, 3.63) is 29.3 Å². The van der Waals surface area contributed by atoms with Crippen molar-refractivity contribution in [3.63, 3.8) is 0 Å². The number of carbonyl (C=O) groups excluding carboxylic acids is 5. The SMILES string of the molecule is CC/C=C/P(=O)(OCC)OCC.CC1(C)C(=O)CC1COC1CCCCO1.CCC=C=C1CC(COC2CCCCO2)C1(C)C.O=C=O.O=C=O. The predicted molar refractivity (Wildman–Crippen MR) is 190 cm³/mol. The third kappa shape index (κ3) is 18.8. The molecule has 0 aromatic heterocycles. The van der Waals surface area contributed by atoms with E-state index >= 15 is 0 Å². The average molecular weight is 743 g/mol. The summed E-state index contributed by atoms with van der Waals surface area (Å²) >= 11 is 0. The quantitative estimate of drug-likeness (QED) is 0.132. The molecule has 12 nitrogen and oxygen atoms in total. The lowest BCUT2D eigenvalue weighted by atomic mass is 9.59. The fraction of sp³-hybridized carbons (Fsp3) is 0.789. The van der Waals surface area contributed by atoms with Crippen LogP contribution in [-0.2, 0) is 56.5 Å². The van der Waals surface area contributed by atoms with Crippen molar-refractivity contribution in [2.45, 2.75) is 132 Å². The van der Waals surface area contributed by atoms with Gasteiger partial charge in [0.15, 0.2) is 12.6 Å². The largest absolute Gasteiger partial charge is 0.373 e. The number of Topliss-reactive ketones (excluding diaryl/α,β-unsaturated/α-hetero) is 1. The minimum atomic E-state index is -2.92. The van der Waals surface area contributed by atoms with Crippen LogP contribution < -0.4 is 0 Å². The molecule has 0 bridgehead atoms. The molecule has 4 aliphatic rings. The first-order chi connectivity index (χ1) is 24.3. The van der Waals surface area contributed by atoms with Gasteiger partial charge in [-0.2, -0.15) is 19.2 Å². The Morgan fingerprint density at radius 3 is 1.55 bits per heavy atom. The minimum Gasteiger partial charge on any atom is -0.353 e. The van der Waals surface area contributed by atoms with Gasteiger partial charge in [0.1, 0.15) is 5.78 Å². The molecular weight excluding hydrogens is 679 g/mol. The Kier molecular flexibility index (Phi) is 26.1. The van der Waals surface area contributed by atoms with E-state index in [1.807, 2.05) is 20.8 Å². The highest BCUT2D eigenvalue weighted by Crippen LogP contribution is 2.51. The second kappa shape index (κ2) is 27.3. The van der Waals surface area contributed by atoms with Crippen LogP contribution in [0.3, 0.4) is 0 Å². The summed E-state index contributed by atoms with van der Waals surface area (Å²) in [5, 5.41) is 0. The molecule has 4 atom stereocenters. The van der Waals surface area contributed by atoms with Gasteiger partial charge < -0.3 is 28.0 Å². The molecule has 2 heterocycles. The standard InChI is InChI=1S/C16H26O2.C12H20O3.C8H17O3P.2CO2/c1-4-5-8-13-11-14(16(13,2)3)12-18-15-9-6-7-10-17-15;1-12(2)9(7-10(12)13)8-15-11-5-3-4-6-14-11;1-4-7-8-12(9,10-5-2)11-6-3;2*2-1-3/h5,14-15H,4,6-7,9-12H2,1-3H3;9,11H,3-8H2,1-2H3;7-8H,4-6H2,1-3H3;;/b;;8-7+;;. The maximum Gasteiger partial charge on any atom is 0.373 e. The number of ketones is 1. The number of carbonyl (C=O) groups is 1. The molecule has 0 spiro atoms. The van der Waals surface area contributed by atoms with Crippen LogP contribution in [0.25, 0.3) is 0 Å². The fourth-order valence-electron chi connectivity index (χ4n) is 5.57. The fourth-order valence-corrected chi connectivity index (χ4v) is 7.01. The normalized spacial score (nSPS) is 24.3. The molecule has 0 N–H and O–H groups in total. The highest BCUT2D eigenvalue weighted by atomic mass is 31.2. The highest BCUT2D eigenvalue weighted by Gasteiger charge is 2.47. The Bertz CT molecular complexity index is 1160. The molecule has 2 aliphatic carbocycles. The zero-order valence-corrected chi connectivity index (χ0v) is 33.1. The molecule has 2 saturated heterocycles. The molecule has 4 unspecified atom stereocenters. The third-order valence-electron chi connectivity index (χ3n) is 9.28. The molecular formula is C38H63O12P. The summed E-state index contributed by atoms with van der Waals surface area (Å²) in [6, 6.07) is 0. The Labute approximate surface area is 305 Å². The number of rotatable bonds is 13. The Balaban J connectivity index is 0.000000693. The summed E-state index contributed by atoms with van der Waals surface area (Å²) in [6.45, 7) is 20.3. The van der Waals surface area contributed by atoms with E-state index in [9.17, 15) is 9.36 Å². The molecule has 292 valence electrons. The molecule has 4 rings (SSSR count). The van der Waals surface area contributed by atoms with E-state index in [0.717, 1.165) is 58.3 Å². The smallest absolute Gasteiger partial charge is 0.353 e. The molecule has 0 aromatic carbocycles. The minimum absolute atomic E-state index is 0.0229. The van der Waals surface area contributed by atoms with Crippen LogP contribution in [-0.4, -0.2) is 70.3 Å². The van der Waals surface area contributed by atoms with Gasteiger partial charge in [0.25, 0.3) is 0 Å². The maximum absolute atomic E-state index is 11.6. The first-order valence-corrected chi connectivity index (χ1v) is 19.9. The highest BCUT2D eigenvalue weighted by molar-refractivity contribution is 7.57. The lowest BCUT2D eigenvalue weighted by Crippen LogP contribution is -2.48. The van der Waals surface area contributed by atoms with Crippen molar-refractivity contribution in [1.29, 1.82) is 0 Å². The van der Waals surface area contributed by atoms with E-state index in [0.29, 0.717) is 43.9 Å². The predicted octanol–water partition coefficient (Wildman–Crippen LogP) is 8.22. The topological polar surface area (TPSA) is 158 Å². The molecule has 2 aliphatic heterocycles. The summed E-state index contributed by atoms with van der Waals surface area (Å²) in [4.78, 5) is 43.8. The maximum atomic E-state index is 11.6. The molecule has 4 fully saturated rings. The van der Waals surface area contributed by atoms with Crippen LogP contribution in [0.1, 0.15) is 120 Å². The van der Waals surface area contributed by atoms with Crippen LogP contribution >= 0.6 is 7.60 Å². The van der Waals surface area contributed by atoms with Crippen molar-refractivity contribution in [1.82, 2.24) is 0 Å². The van der Waals surface area contributed by atoms with Crippen molar-refractivity contribution in [2.24, 2.45) is 22.7 Å². The van der Waals surface area contributed by atoms with E-state index in [2.05, 4.69) is 32.6 Å². The molecule has 2 saturated carbocycles. The zero-order valence-electron chi connectivity index (χ0n) is 32.2. The third-order valence-corrected chi connectivity index (χ3v) is 11.1. The van der Waals surface area contributed by atoms with Crippen LogP contribution in [0.2, 0.25) is 0 Å². The number of ether oxygens (including phenoxy) is 4. The Hall–Kier alpha value is -2.32. The van der Waals surface area contributed by atoms with Gasteiger partial charge in [-0.15, -0.1) is 5.73 Å². The number of hydrogen-bond acceptors (Lipinski definition) is 12. The second-order valence-electron chi connectivity index (χ2n) is 13.5. The molecule has 51 heavy (non-hydrogen) atoms. The Morgan fingerprint density at radius 1 is 0.745 bits per heavy atom. The monoisotopic (exact) mass is 742 g/mol. The van der Waals surface area contributed by atoms with Gasteiger partial charge in [0.2, 0.25) is 0 Å². The Morgan fingerprint density at radius 2 is 1.22 bits per heavy atom. The van der Waals surface area contributed by atoms with Gasteiger partial charge in [-0.05, 0) is 94.6 Å². The van der Waals surface area contributed by atoms with Crippen LogP contribution in [0, 0.1) is 22.7 Å². The molecule has 13 heteroatoms. The van der Waals surface area contributed by atoms with E-state index in [1.165, 1.54) is 30.7 Å². The van der Waals surface area contributed by atoms with Crippen molar-refractivity contribution in [3.8, 4) is 0 Å². The van der Waals surface area contributed by atoms with Crippen LogP contribution in [0.15, 0.2) is 29.3 Å². The first-order valence-electron chi connectivity index (χ1n) is 18.3. The van der Waals surface area contributed by atoms with E-state index in [-0.39, 0.29) is 35.7 Å². The molecule has 0 aromatic rings.